The van der Waals surface area contributed by atoms with Crippen LogP contribution in [0.4, 0.5) is 0 Å². The summed E-state index contributed by atoms with van der Waals surface area (Å²) in [5, 5.41) is -3.40. The molecular formula is C48H28N2OS. The first-order chi connectivity index (χ1) is 37.4. The molecule has 3 nitrogen and oxygen atoms in total. The number of furan rings is 1. The molecule has 0 saturated carbocycles. The highest BCUT2D eigenvalue weighted by atomic mass is 32.1. The summed E-state index contributed by atoms with van der Waals surface area (Å²) in [5.41, 5.74) is -6.18. The van der Waals surface area contributed by atoms with E-state index in [-0.39, 0.29) is 20.3 Å². The van der Waals surface area contributed by atoms with Gasteiger partial charge in [-0.1, -0.05) is 139 Å². The fourth-order valence-electron chi connectivity index (χ4n) is 5.97. The number of fused-ring (bicyclic) bond motifs is 9. The van der Waals surface area contributed by atoms with Crippen molar-refractivity contribution in [2.24, 2.45) is 0 Å². The lowest BCUT2D eigenvalue weighted by Crippen LogP contribution is -1.94. The molecule has 4 heteroatoms. The van der Waals surface area contributed by atoms with Crippen LogP contribution in [0.3, 0.4) is 0 Å². The molecule has 0 N–H and O–H groups in total. The minimum Gasteiger partial charge on any atom is -0.456 e. The molecule has 0 atom stereocenters. The van der Waals surface area contributed by atoms with E-state index in [1.54, 1.807) is 0 Å². The Hall–Kier alpha value is -6.62. The van der Waals surface area contributed by atoms with Crippen LogP contribution in [0.15, 0.2) is 174 Å². The maximum Gasteiger partial charge on any atom is 0.161 e. The molecule has 52 heavy (non-hydrogen) atoms. The average molecular weight is 709 g/mol. The highest BCUT2D eigenvalue weighted by Gasteiger charge is 2.20. The maximum atomic E-state index is 9.69. The Balaban J connectivity index is 1.30. The van der Waals surface area contributed by atoms with E-state index in [4.69, 9.17) is 30.5 Å². The molecule has 0 aliphatic heterocycles. The molecule has 11 aromatic rings. The number of rotatable bonds is 4. The highest BCUT2D eigenvalue weighted by Crippen LogP contribution is 2.43. The third kappa shape index (κ3) is 4.51. The van der Waals surface area contributed by atoms with Gasteiger partial charge in [0.2, 0.25) is 0 Å². The van der Waals surface area contributed by atoms with Gasteiger partial charge < -0.3 is 4.42 Å². The Labute approximate surface area is 342 Å². The molecule has 242 valence electrons. The van der Waals surface area contributed by atoms with E-state index < -0.39 is 258 Å². The Kier molecular flexibility index (Phi) is 2.83. The van der Waals surface area contributed by atoms with Crippen molar-refractivity contribution in [2.45, 2.75) is 0 Å². The van der Waals surface area contributed by atoms with Gasteiger partial charge in [0.15, 0.2) is 5.82 Å². The second kappa shape index (κ2) is 11.5. The molecule has 3 heterocycles. The number of thiophene rings is 1. The third-order valence-electron chi connectivity index (χ3n) is 8.24. The van der Waals surface area contributed by atoms with Crippen LogP contribution in [0.1, 0.15) is 38.4 Å². The molecule has 0 amide bonds. The Bertz CT molecular complexity index is 4760. The number of hydrogen-bond acceptors (Lipinski definition) is 4. The summed E-state index contributed by atoms with van der Waals surface area (Å²) in [6.07, 6.45) is 0. The van der Waals surface area contributed by atoms with Crippen LogP contribution < -0.4 is 0 Å². The van der Waals surface area contributed by atoms with Crippen molar-refractivity contribution in [3.05, 3.63) is 169 Å². The van der Waals surface area contributed by atoms with Crippen LogP contribution in [-0.2, 0) is 0 Å². The van der Waals surface area contributed by atoms with Crippen LogP contribution >= 0.6 is 11.3 Å². The molecule has 0 aliphatic rings. The van der Waals surface area contributed by atoms with Crippen molar-refractivity contribution < 1.29 is 42.8 Å². The largest absolute Gasteiger partial charge is 0.456 e. The minimum absolute atomic E-state index is 0.147. The number of hydrogen-bond donors (Lipinski definition) is 0. The molecule has 0 saturated heterocycles. The van der Waals surface area contributed by atoms with E-state index >= 15 is 0 Å². The fourth-order valence-corrected chi connectivity index (χ4v) is 7.02. The topological polar surface area (TPSA) is 38.9 Å². The first-order valence-electron chi connectivity index (χ1n) is 29.2. The van der Waals surface area contributed by atoms with Crippen molar-refractivity contribution >= 4 is 75.1 Å². The predicted molar refractivity (Wildman–Crippen MR) is 219 cm³/mol. The standard InChI is InChI=1S/C48H28N2OS/c1-2-11-29(12-3-1)30-21-23-31(24-22-30)45-47-46(38-17-8-9-20-43(38)52-47)50-48(49-45)39-18-10-19-41-44(39)37-26-25-33(28-42(37)51-41)40-27-32-13-4-5-14-34(32)35-15-6-7-16-36(35)40/h1-28H/i1D,2D,3D,4D,5D,6D,7D,8D,9D,10D,11D,12D,13D,14D,15D,16D,17D,18D,19D,20D,21D,22D,23D,24D,25D,26D,27D,28D. The summed E-state index contributed by atoms with van der Waals surface area (Å²) in [4.78, 5) is 9.33. The molecular weight excluding hydrogens is 653 g/mol. The summed E-state index contributed by atoms with van der Waals surface area (Å²) in [5.74, 6) is -0.696. The minimum atomic E-state index is -0.953. The van der Waals surface area contributed by atoms with Crippen LogP contribution in [0.5, 0.6) is 0 Å². The second-order valence-corrected chi connectivity index (χ2v) is 12.2. The summed E-state index contributed by atoms with van der Waals surface area (Å²) in [7, 11) is 0. The van der Waals surface area contributed by atoms with Gasteiger partial charge in [0.25, 0.3) is 0 Å². The van der Waals surface area contributed by atoms with Gasteiger partial charge in [-0.05, 0) is 74.0 Å². The SMILES string of the molecule is [2H]c1c([2H])c([2H])c(-c2c([2H])c([2H])c(-c3nc(-c4c([2H])c([2H])c([2H])c5oc6c([2H])c(-c7c([2H])c8c([2H])c([2H])c([2H])c([2H])c8c8c([2H])c([2H])c([2H])c([2H])c78)c([2H])c([2H])c6c45)nc4c3sc3c([2H])c([2H])c([2H])c([2H])c34)c([2H])c2[2H])c([2H])c1[2H]. The zero-order valence-electron chi connectivity index (χ0n) is 53.7. The second-order valence-electron chi connectivity index (χ2n) is 11.1. The first-order valence-corrected chi connectivity index (χ1v) is 16.0. The maximum absolute atomic E-state index is 9.69. The lowest BCUT2D eigenvalue weighted by atomic mass is 9.93. The molecule has 0 spiro atoms. The fraction of sp³-hybridized carbons (Fsp3) is 0. The smallest absolute Gasteiger partial charge is 0.161 e. The number of benzene rings is 8. The predicted octanol–water partition coefficient (Wildman–Crippen LogP) is 13.7. The van der Waals surface area contributed by atoms with Crippen LogP contribution in [0, 0.1) is 0 Å². The quantitative estimate of drug-likeness (QED) is 0.171. The molecule has 3 aromatic heterocycles. The van der Waals surface area contributed by atoms with Gasteiger partial charge in [0.05, 0.1) is 54.3 Å². The van der Waals surface area contributed by atoms with E-state index in [0.717, 1.165) is 0 Å². The van der Waals surface area contributed by atoms with Crippen molar-refractivity contribution in [1.29, 1.82) is 0 Å². The Morgan fingerprint density at radius 1 is 0.462 bits per heavy atom. The van der Waals surface area contributed by atoms with E-state index in [1.807, 2.05) is 0 Å². The van der Waals surface area contributed by atoms with Crippen molar-refractivity contribution in [3.8, 4) is 44.9 Å². The van der Waals surface area contributed by atoms with Crippen LogP contribution in [0.2, 0.25) is 0 Å². The normalized spacial score (nSPS) is 19.4. The van der Waals surface area contributed by atoms with E-state index in [2.05, 4.69) is 9.97 Å². The van der Waals surface area contributed by atoms with Crippen molar-refractivity contribution in [2.75, 3.05) is 0 Å². The Morgan fingerprint density at radius 3 is 2.02 bits per heavy atom. The summed E-state index contributed by atoms with van der Waals surface area (Å²) < 4.78 is 255. The lowest BCUT2D eigenvalue weighted by molar-refractivity contribution is 0.669. The number of nitrogens with zero attached hydrogens (tertiary/aromatic N) is 2. The van der Waals surface area contributed by atoms with Crippen molar-refractivity contribution in [1.82, 2.24) is 9.97 Å². The van der Waals surface area contributed by atoms with Gasteiger partial charge in [-0.25, -0.2) is 9.97 Å². The first kappa shape index (κ1) is 12.9. The molecule has 11 rings (SSSR count). The van der Waals surface area contributed by atoms with Gasteiger partial charge in [-0.15, -0.1) is 11.3 Å². The van der Waals surface area contributed by atoms with E-state index in [0.29, 0.717) is 11.3 Å². The Morgan fingerprint density at radius 2 is 1.15 bits per heavy atom. The molecule has 0 unspecified atom stereocenters. The molecule has 0 fully saturated rings. The summed E-state index contributed by atoms with van der Waals surface area (Å²) >= 11 is 0.651. The van der Waals surface area contributed by atoms with Gasteiger partial charge in [-0.3, -0.25) is 0 Å². The monoisotopic (exact) mass is 708 g/mol. The zero-order chi connectivity index (χ0) is 58.5. The molecule has 0 radical (unpaired) electrons. The van der Waals surface area contributed by atoms with Gasteiger partial charge >= 0.3 is 0 Å². The van der Waals surface area contributed by atoms with Gasteiger partial charge in [-0.2, -0.15) is 0 Å². The average Bonchev–Trinajstić information content (AvgIpc) is 4.03. The van der Waals surface area contributed by atoms with Crippen LogP contribution in [-0.4, -0.2) is 9.97 Å². The zero-order valence-corrected chi connectivity index (χ0v) is 26.5. The highest BCUT2D eigenvalue weighted by molar-refractivity contribution is 7.26. The van der Waals surface area contributed by atoms with Gasteiger partial charge in [0.1, 0.15) is 11.2 Å². The van der Waals surface area contributed by atoms with E-state index in [9.17, 15) is 12.3 Å². The van der Waals surface area contributed by atoms with E-state index in [1.165, 1.54) is 0 Å². The van der Waals surface area contributed by atoms with Gasteiger partial charge in [0, 0.05) is 32.0 Å². The summed E-state index contributed by atoms with van der Waals surface area (Å²) in [6, 6.07) is -23.3. The molecule has 0 bridgehead atoms. The summed E-state index contributed by atoms with van der Waals surface area (Å²) in [6.45, 7) is 0. The van der Waals surface area contributed by atoms with Crippen molar-refractivity contribution in [3.63, 3.8) is 0 Å². The third-order valence-corrected chi connectivity index (χ3v) is 9.34. The molecule has 8 aromatic carbocycles. The lowest BCUT2D eigenvalue weighted by Gasteiger charge is -2.11. The molecule has 0 aliphatic carbocycles. The van der Waals surface area contributed by atoms with Crippen LogP contribution in [0.25, 0.3) is 109 Å². The number of aromatic nitrogens is 2.